The second-order valence-electron chi connectivity index (χ2n) is 4.52. The van der Waals surface area contributed by atoms with Crippen LogP contribution >= 0.6 is 23.6 Å². The molecule has 2 aromatic rings. The summed E-state index contributed by atoms with van der Waals surface area (Å²) in [4.78, 5) is 16.0. The Morgan fingerprint density at radius 1 is 1.30 bits per heavy atom. The third-order valence-electron chi connectivity index (χ3n) is 2.72. The molecule has 0 bridgehead atoms. The number of amides is 1. The summed E-state index contributed by atoms with van der Waals surface area (Å²) in [5, 5.41) is 8.23. The maximum Gasteiger partial charge on any atom is 0.257 e. The largest absolute Gasteiger partial charge is 0.308 e. The van der Waals surface area contributed by atoms with Crippen molar-refractivity contribution in [3.05, 3.63) is 47.0 Å². The average Bonchev–Trinajstić information content (AvgIpc) is 2.91. The van der Waals surface area contributed by atoms with E-state index in [-0.39, 0.29) is 11.0 Å². The summed E-state index contributed by atoms with van der Waals surface area (Å²) in [5.74, 6) is 0.217. The molecule has 0 atom stereocenters. The quantitative estimate of drug-likeness (QED) is 0.854. The molecule has 6 heteroatoms. The number of rotatable bonds is 3. The minimum absolute atomic E-state index is 0.227. The van der Waals surface area contributed by atoms with Crippen molar-refractivity contribution in [2.45, 2.75) is 19.8 Å². The summed E-state index contributed by atoms with van der Waals surface area (Å²) >= 11 is 6.49. The molecule has 0 fully saturated rings. The number of carbonyl (C=O) groups is 1. The number of carbonyl (C=O) groups excluding carboxylic acids is 1. The summed E-state index contributed by atoms with van der Waals surface area (Å²) in [7, 11) is 0. The monoisotopic (exact) mass is 305 g/mol. The van der Waals surface area contributed by atoms with E-state index in [1.54, 1.807) is 18.3 Å². The van der Waals surface area contributed by atoms with Crippen LogP contribution in [0.15, 0.2) is 35.8 Å². The van der Waals surface area contributed by atoms with E-state index in [0.29, 0.717) is 16.6 Å². The number of anilines is 1. The van der Waals surface area contributed by atoms with Crippen LogP contribution in [0.2, 0.25) is 0 Å². The summed E-state index contributed by atoms with van der Waals surface area (Å²) in [6, 6.07) is 7.51. The highest BCUT2D eigenvalue weighted by molar-refractivity contribution is 7.80. The van der Waals surface area contributed by atoms with Crippen LogP contribution in [-0.2, 0) is 0 Å². The Morgan fingerprint density at radius 2 is 2.00 bits per heavy atom. The Morgan fingerprint density at radius 3 is 2.55 bits per heavy atom. The van der Waals surface area contributed by atoms with E-state index in [2.05, 4.69) is 29.5 Å². The number of hydrogen-bond donors (Lipinski definition) is 2. The molecule has 0 aliphatic rings. The smallest absolute Gasteiger partial charge is 0.257 e. The fourth-order valence-corrected chi connectivity index (χ4v) is 2.40. The van der Waals surface area contributed by atoms with Gasteiger partial charge in [0.15, 0.2) is 10.2 Å². The third-order valence-corrected chi connectivity index (χ3v) is 3.61. The number of nitrogens with one attached hydrogen (secondary N) is 2. The van der Waals surface area contributed by atoms with Crippen LogP contribution in [0, 0.1) is 0 Å². The number of thiocarbonyl (C=S) groups is 1. The molecule has 104 valence electrons. The van der Waals surface area contributed by atoms with Gasteiger partial charge in [0.25, 0.3) is 5.91 Å². The summed E-state index contributed by atoms with van der Waals surface area (Å²) in [6.07, 6.45) is 1.67. The lowest BCUT2D eigenvalue weighted by Crippen LogP contribution is -2.34. The first-order chi connectivity index (χ1) is 9.56. The molecule has 0 saturated carbocycles. The number of hydrogen-bond acceptors (Lipinski definition) is 4. The first-order valence-electron chi connectivity index (χ1n) is 6.18. The Balaban J connectivity index is 1.95. The van der Waals surface area contributed by atoms with Gasteiger partial charge < -0.3 is 5.32 Å². The molecule has 0 saturated heterocycles. The number of aromatic nitrogens is 1. The second-order valence-corrected chi connectivity index (χ2v) is 5.83. The van der Waals surface area contributed by atoms with E-state index >= 15 is 0 Å². The van der Waals surface area contributed by atoms with Crippen molar-refractivity contribution < 1.29 is 4.79 Å². The molecule has 1 aromatic heterocycles. The second kappa shape index (κ2) is 6.58. The van der Waals surface area contributed by atoms with E-state index in [1.807, 2.05) is 17.5 Å². The van der Waals surface area contributed by atoms with E-state index in [0.717, 1.165) is 0 Å². The molecule has 0 aliphatic heterocycles. The van der Waals surface area contributed by atoms with Gasteiger partial charge in [-0.2, -0.15) is 0 Å². The van der Waals surface area contributed by atoms with Gasteiger partial charge in [-0.05, 0) is 35.8 Å². The number of benzene rings is 1. The van der Waals surface area contributed by atoms with Crippen molar-refractivity contribution in [1.82, 2.24) is 10.3 Å². The molecule has 1 amide bonds. The molecular weight excluding hydrogens is 290 g/mol. The highest BCUT2D eigenvalue weighted by Gasteiger charge is 2.09. The third kappa shape index (κ3) is 3.85. The SMILES string of the molecule is CC(C)c1ccc(C(=O)NC(=S)Nc2nccs2)cc1. The van der Waals surface area contributed by atoms with Crippen LogP contribution < -0.4 is 10.6 Å². The highest BCUT2D eigenvalue weighted by Crippen LogP contribution is 2.14. The normalized spacial score (nSPS) is 10.3. The Bertz CT molecular complexity index is 591. The van der Waals surface area contributed by atoms with Crippen LogP contribution in [0.5, 0.6) is 0 Å². The minimum atomic E-state index is -0.227. The van der Waals surface area contributed by atoms with Crippen molar-refractivity contribution >= 4 is 39.7 Å². The van der Waals surface area contributed by atoms with Gasteiger partial charge in [-0.3, -0.25) is 10.1 Å². The highest BCUT2D eigenvalue weighted by atomic mass is 32.1. The molecule has 2 N–H and O–H groups in total. The van der Waals surface area contributed by atoms with Gasteiger partial charge in [-0.15, -0.1) is 11.3 Å². The summed E-state index contributed by atoms with van der Waals surface area (Å²) in [6.45, 7) is 4.23. The lowest BCUT2D eigenvalue weighted by atomic mass is 10.0. The molecule has 1 aromatic carbocycles. The van der Waals surface area contributed by atoms with Crippen LogP contribution in [0.3, 0.4) is 0 Å². The molecular formula is C14H15N3OS2. The molecule has 0 spiro atoms. The zero-order valence-electron chi connectivity index (χ0n) is 11.2. The molecule has 4 nitrogen and oxygen atoms in total. The number of thiazole rings is 1. The lowest BCUT2D eigenvalue weighted by molar-refractivity contribution is 0.0977. The van der Waals surface area contributed by atoms with Gasteiger partial charge in [-0.1, -0.05) is 26.0 Å². The van der Waals surface area contributed by atoms with Gasteiger partial charge in [-0.25, -0.2) is 4.98 Å². The van der Waals surface area contributed by atoms with Crippen molar-refractivity contribution in [3.8, 4) is 0 Å². The van der Waals surface area contributed by atoms with Crippen molar-refractivity contribution in [2.24, 2.45) is 0 Å². The summed E-state index contributed by atoms with van der Waals surface area (Å²) in [5.41, 5.74) is 1.78. The predicted octanol–water partition coefficient (Wildman–Crippen LogP) is 3.39. The standard InChI is InChI=1S/C14H15N3OS2/c1-9(2)10-3-5-11(6-4-10)12(18)16-13(19)17-14-15-7-8-20-14/h3-9H,1-2H3,(H2,15,16,17,18,19). The van der Waals surface area contributed by atoms with Gasteiger partial charge in [0.2, 0.25) is 0 Å². The summed E-state index contributed by atoms with van der Waals surface area (Å²) < 4.78 is 0. The van der Waals surface area contributed by atoms with Gasteiger partial charge >= 0.3 is 0 Å². The fourth-order valence-electron chi connectivity index (χ4n) is 1.61. The van der Waals surface area contributed by atoms with Gasteiger partial charge in [0.1, 0.15) is 0 Å². The Kier molecular flexibility index (Phi) is 4.81. The maximum absolute atomic E-state index is 12.0. The molecule has 2 rings (SSSR count). The van der Waals surface area contributed by atoms with Crippen molar-refractivity contribution in [3.63, 3.8) is 0 Å². The Labute approximate surface area is 127 Å². The molecule has 0 radical (unpaired) electrons. The van der Waals surface area contributed by atoms with Crippen LogP contribution in [0.25, 0.3) is 0 Å². The van der Waals surface area contributed by atoms with Crippen molar-refractivity contribution in [1.29, 1.82) is 0 Å². The van der Waals surface area contributed by atoms with Crippen LogP contribution in [0.1, 0.15) is 35.7 Å². The van der Waals surface area contributed by atoms with Crippen molar-refractivity contribution in [2.75, 3.05) is 5.32 Å². The van der Waals surface area contributed by atoms with Crippen LogP contribution in [0.4, 0.5) is 5.13 Å². The molecule has 0 unspecified atom stereocenters. The zero-order chi connectivity index (χ0) is 14.5. The number of nitrogens with zero attached hydrogens (tertiary/aromatic N) is 1. The lowest BCUT2D eigenvalue weighted by Gasteiger charge is -2.09. The van der Waals surface area contributed by atoms with Gasteiger partial charge in [0.05, 0.1) is 0 Å². The maximum atomic E-state index is 12.0. The van der Waals surface area contributed by atoms with E-state index in [9.17, 15) is 4.79 Å². The molecule has 20 heavy (non-hydrogen) atoms. The topological polar surface area (TPSA) is 54.0 Å². The average molecular weight is 305 g/mol. The zero-order valence-corrected chi connectivity index (χ0v) is 12.8. The van der Waals surface area contributed by atoms with Gasteiger partial charge in [0, 0.05) is 17.1 Å². The first kappa shape index (κ1) is 14.6. The van der Waals surface area contributed by atoms with E-state index in [1.165, 1.54) is 16.9 Å². The van der Waals surface area contributed by atoms with Crippen LogP contribution in [-0.4, -0.2) is 16.0 Å². The fraction of sp³-hybridized carbons (Fsp3) is 0.214. The molecule has 1 heterocycles. The minimum Gasteiger partial charge on any atom is -0.308 e. The van der Waals surface area contributed by atoms with E-state index in [4.69, 9.17) is 12.2 Å². The molecule has 0 aliphatic carbocycles. The Hall–Kier alpha value is -1.79. The first-order valence-corrected chi connectivity index (χ1v) is 7.47. The predicted molar refractivity (Wildman–Crippen MR) is 86.3 cm³/mol. The van der Waals surface area contributed by atoms with E-state index < -0.39 is 0 Å².